The lowest BCUT2D eigenvalue weighted by Crippen LogP contribution is -2.33. The molecule has 7 heteroatoms. The highest BCUT2D eigenvalue weighted by Gasteiger charge is 2.25. The van der Waals surface area contributed by atoms with E-state index in [4.69, 9.17) is 0 Å². The van der Waals surface area contributed by atoms with Crippen LogP contribution >= 0.6 is 0 Å². The number of rotatable bonds is 4. The summed E-state index contributed by atoms with van der Waals surface area (Å²) in [4.78, 5) is 16.3. The van der Waals surface area contributed by atoms with Crippen molar-refractivity contribution in [2.45, 2.75) is 25.8 Å². The summed E-state index contributed by atoms with van der Waals surface area (Å²) in [7, 11) is 0. The van der Waals surface area contributed by atoms with Gasteiger partial charge in [-0.15, -0.1) is 0 Å². The normalized spacial score (nSPS) is 16.6. The van der Waals surface area contributed by atoms with Crippen molar-refractivity contribution in [1.29, 1.82) is 0 Å². The van der Waals surface area contributed by atoms with Gasteiger partial charge in [0.25, 0.3) is 0 Å². The zero-order valence-electron chi connectivity index (χ0n) is 13.1. The molecule has 122 valence electrons. The van der Waals surface area contributed by atoms with E-state index in [0.29, 0.717) is 6.54 Å². The maximum Gasteiger partial charge on any atom is 0.223 e. The average Bonchev–Trinajstić information content (AvgIpc) is 3.30. The SMILES string of the molecule is O=C(NCc1ccc(-n2cncn2)cc1)[C@H]1CCc2[nH]ncc2C1. The summed E-state index contributed by atoms with van der Waals surface area (Å²) in [6.45, 7) is 0.533. The lowest BCUT2D eigenvalue weighted by atomic mass is 9.87. The lowest BCUT2D eigenvalue weighted by molar-refractivity contribution is -0.125. The van der Waals surface area contributed by atoms with Crippen LogP contribution in [-0.4, -0.2) is 30.9 Å². The largest absolute Gasteiger partial charge is 0.352 e. The Kier molecular flexibility index (Phi) is 3.82. The second kappa shape index (κ2) is 6.27. The maximum atomic E-state index is 12.4. The van der Waals surface area contributed by atoms with Crippen LogP contribution < -0.4 is 5.32 Å². The van der Waals surface area contributed by atoms with Gasteiger partial charge in [-0.05, 0) is 42.5 Å². The molecule has 1 aliphatic carbocycles. The van der Waals surface area contributed by atoms with Crippen LogP contribution in [0.4, 0.5) is 0 Å². The van der Waals surface area contributed by atoms with Crippen molar-refractivity contribution in [3.05, 3.63) is 59.9 Å². The van der Waals surface area contributed by atoms with E-state index < -0.39 is 0 Å². The van der Waals surface area contributed by atoms with E-state index in [1.807, 2.05) is 30.5 Å². The molecule has 4 rings (SSSR count). The van der Waals surface area contributed by atoms with Crippen molar-refractivity contribution >= 4 is 5.91 Å². The van der Waals surface area contributed by atoms with Crippen LogP contribution in [0.2, 0.25) is 0 Å². The third kappa shape index (κ3) is 2.92. The van der Waals surface area contributed by atoms with Crippen LogP contribution in [0.15, 0.2) is 43.1 Å². The van der Waals surface area contributed by atoms with Gasteiger partial charge in [-0.25, -0.2) is 9.67 Å². The fourth-order valence-corrected chi connectivity index (χ4v) is 3.08. The van der Waals surface area contributed by atoms with E-state index >= 15 is 0 Å². The Bertz CT molecular complexity index is 821. The van der Waals surface area contributed by atoms with Crippen LogP contribution in [0.1, 0.15) is 23.2 Å². The number of fused-ring (bicyclic) bond motifs is 1. The first-order chi connectivity index (χ1) is 11.8. The highest BCUT2D eigenvalue weighted by molar-refractivity contribution is 5.79. The molecule has 0 saturated carbocycles. The molecular weight excluding hydrogens is 304 g/mol. The third-order valence-electron chi connectivity index (χ3n) is 4.47. The number of carbonyl (C=O) groups excluding carboxylic acids is 1. The van der Waals surface area contributed by atoms with E-state index in [1.165, 1.54) is 17.6 Å². The molecule has 24 heavy (non-hydrogen) atoms. The summed E-state index contributed by atoms with van der Waals surface area (Å²) in [5.74, 6) is 0.145. The quantitative estimate of drug-likeness (QED) is 0.760. The third-order valence-corrected chi connectivity index (χ3v) is 4.47. The molecule has 0 spiro atoms. The van der Waals surface area contributed by atoms with Gasteiger partial charge >= 0.3 is 0 Å². The number of nitrogens with one attached hydrogen (secondary N) is 2. The summed E-state index contributed by atoms with van der Waals surface area (Å²) >= 11 is 0. The Morgan fingerprint density at radius 3 is 3.00 bits per heavy atom. The van der Waals surface area contributed by atoms with E-state index in [-0.39, 0.29) is 11.8 Å². The minimum atomic E-state index is 0.0320. The number of H-pyrrole nitrogens is 1. The average molecular weight is 322 g/mol. The van der Waals surface area contributed by atoms with Crippen LogP contribution in [-0.2, 0) is 24.2 Å². The number of hydrogen-bond donors (Lipinski definition) is 2. The van der Waals surface area contributed by atoms with Gasteiger partial charge in [0.2, 0.25) is 5.91 Å². The summed E-state index contributed by atoms with van der Waals surface area (Å²) in [6.07, 6.45) is 7.51. The zero-order valence-corrected chi connectivity index (χ0v) is 13.1. The second-order valence-corrected chi connectivity index (χ2v) is 6.04. The number of aromatic amines is 1. The topological polar surface area (TPSA) is 88.5 Å². The monoisotopic (exact) mass is 322 g/mol. The maximum absolute atomic E-state index is 12.4. The Labute approximate surface area is 139 Å². The predicted molar refractivity (Wildman–Crippen MR) is 87.3 cm³/mol. The molecule has 0 fully saturated rings. The summed E-state index contributed by atoms with van der Waals surface area (Å²) in [5.41, 5.74) is 4.34. The molecule has 1 aromatic carbocycles. The van der Waals surface area contributed by atoms with Crippen LogP contribution in [0.3, 0.4) is 0 Å². The van der Waals surface area contributed by atoms with Gasteiger partial charge in [0.1, 0.15) is 12.7 Å². The molecule has 3 aromatic rings. The highest BCUT2D eigenvalue weighted by atomic mass is 16.1. The first kappa shape index (κ1) is 14.6. The van der Waals surface area contributed by atoms with E-state index in [2.05, 4.69) is 25.6 Å². The Morgan fingerprint density at radius 2 is 2.21 bits per heavy atom. The number of nitrogens with zero attached hydrogens (tertiary/aromatic N) is 4. The number of aryl methyl sites for hydroxylation is 1. The molecule has 0 saturated heterocycles. The molecule has 1 atom stereocenters. The highest BCUT2D eigenvalue weighted by Crippen LogP contribution is 2.23. The Balaban J connectivity index is 1.34. The molecule has 0 aliphatic heterocycles. The molecule has 0 bridgehead atoms. The molecule has 2 aromatic heterocycles. The lowest BCUT2D eigenvalue weighted by Gasteiger charge is -2.21. The molecule has 1 amide bonds. The van der Waals surface area contributed by atoms with Crippen molar-refractivity contribution in [2.75, 3.05) is 0 Å². The van der Waals surface area contributed by atoms with Gasteiger partial charge in [-0.2, -0.15) is 10.2 Å². The minimum Gasteiger partial charge on any atom is -0.352 e. The number of carbonyl (C=O) groups is 1. The summed E-state index contributed by atoms with van der Waals surface area (Å²) in [5, 5.41) is 14.2. The van der Waals surface area contributed by atoms with Crippen molar-refractivity contribution in [3.8, 4) is 5.69 Å². The first-order valence-corrected chi connectivity index (χ1v) is 8.02. The van der Waals surface area contributed by atoms with Gasteiger partial charge in [0, 0.05) is 18.2 Å². The van der Waals surface area contributed by atoms with Gasteiger partial charge in [0.05, 0.1) is 11.9 Å². The van der Waals surface area contributed by atoms with Gasteiger partial charge < -0.3 is 5.32 Å². The number of aromatic nitrogens is 5. The Hall–Kier alpha value is -2.96. The second-order valence-electron chi connectivity index (χ2n) is 6.04. The van der Waals surface area contributed by atoms with Gasteiger partial charge in [-0.1, -0.05) is 12.1 Å². The number of amides is 1. The number of benzene rings is 1. The summed E-state index contributed by atoms with van der Waals surface area (Å²) in [6, 6.07) is 7.92. The van der Waals surface area contributed by atoms with Gasteiger partial charge in [-0.3, -0.25) is 9.89 Å². The molecule has 2 N–H and O–H groups in total. The predicted octanol–water partition coefficient (Wildman–Crippen LogP) is 1.41. The molecule has 1 aliphatic rings. The van der Waals surface area contributed by atoms with Crippen molar-refractivity contribution < 1.29 is 4.79 Å². The molecule has 0 radical (unpaired) electrons. The fourth-order valence-electron chi connectivity index (χ4n) is 3.08. The molecule has 0 unspecified atom stereocenters. The molecule has 2 heterocycles. The first-order valence-electron chi connectivity index (χ1n) is 8.02. The number of hydrogen-bond acceptors (Lipinski definition) is 4. The van der Waals surface area contributed by atoms with Gasteiger partial charge in [0.15, 0.2) is 0 Å². The van der Waals surface area contributed by atoms with Crippen LogP contribution in [0.25, 0.3) is 5.69 Å². The van der Waals surface area contributed by atoms with Crippen LogP contribution in [0.5, 0.6) is 0 Å². The molecule has 7 nitrogen and oxygen atoms in total. The van der Waals surface area contributed by atoms with E-state index in [1.54, 1.807) is 11.0 Å². The smallest absolute Gasteiger partial charge is 0.223 e. The van der Waals surface area contributed by atoms with E-state index in [9.17, 15) is 4.79 Å². The fraction of sp³-hybridized carbons (Fsp3) is 0.294. The minimum absolute atomic E-state index is 0.0320. The van der Waals surface area contributed by atoms with E-state index in [0.717, 1.165) is 30.5 Å². The standard InChI is InChI=1S/C17H18N6O/c24-17(13-3-6-16-14(7-13)9-20-22-16)19-8-12-1-4-15(5-2-12)23-11-18-10-21-23/h1-2,4-5,9-11,13H,3,6-8H2,(H,19,24)(H,20,22)/t13-/m0/s1. The summed E-state index contributed by atoms with van der Waals surface area (Å²) < 4.78 is 1.70. The van der Waals surface area contributed by atoms with Crippen molar-refractivity contribution in [3.63, 3.8) is 0 Å². The van der Waals surface area contributed by atoms with Crippen molar-refractivity contribution in [1.82, 2.24) is 30.3 Å². The Morgan fingerprint density at radius 1 is 1.33 bits per heavy atom. The zero-order chi connectivity index (χ0) is 16.4. The van der Waals surface area contributed by atoms with Crippen molar-refractivity contribution in [2.24, 2.45) is 5.92 Å². The molecular formula is C17H18N6O. The van der Waals surface area contributed by atoms with Crippen LogP contribution in [0, 0.1) is 5.92 Å².